The molecule has 1 aromatic heterocycles. The van der Waals surface area contributed by atoms with E-state index >= 15 is 0 Å². The highest BCUT2D eigenvalue weighted by Gasteiger charge is 2.35. The van der Waals surface area contributed by atoms with Crippen LogP contribution < -0.4 is 11.1 Å². The van der Waals surface area contributed by atoms with Crippen LogP contribution in [-0.4, -0.2) is 46.4 Å². The second-order valence-corrected chi connectivity index (χ2v) is 4.56. The average Bonchev–Trinajstić information content (AvgIpc) is 2.88. The lowest BCUT2D eigenvalue weighted by Crippen LogP contribution is -2.57. The molecule has 1 aliphatic heterocycles. The summed E-state index contributed by atoms with van der Waals surface area (Å²) in [6.45, 7) is 1.71. The van der Waals surface area contributed by atoms with Gasteiger partial charge in [0.05, 0.1) is 5.54 Å². The van der Waals surface area contributed by atoms with Gasteiger partial charge < -0.3 is 15.8 Å². The molecule has 1 saturated heterocycles. The Morgan fingerprint density at radius 2 is 2.33 bits per heavy atom. The number of nitrogens with one attached hydrogen (secondary N) is 2. The monoisotopic (exact) mass is 253 g/mol. The van der Waals surface area contributed by atoms with Crippen molar-refractivity contribution in [3.63, 3.8) is 0 Å². The predicted octanol–water partition coefficient (Wildman–Crippen LogP) is -0.639. The molecular weight excluding hydrogens is 234 g/mol. The first-order chi connectivity index (χ1) is 8.71. The molecule has 2 heterocycles. The zero-order valence-corrected chi connectivity index (χ0v) is 10.3. The van der Waals surface area contributed by atoms with Crippen LogP contribution in [0.3, 0.4) is 0 Å². The van der Waals surface area contributed by atoms with Gasteiger partial charge in [0.2, 0.25) is 5.91 Å². The van der Waals surface area contributed by atoms with Crippen LogP contribution in [0.5, 0.6) is 0 Å². The Morgan fingerprint density at radius 1 is 1.56 bits per heavy atom. The first kappa shape index (κ1) is 13.0. The van der Waals surface area contributed by atoms with E-state index in [4.69, 9.17) is 10.5 Å². The third-order valence-corrected chi connectivity index (χ3v) is 3.18. The molecule has 1 aromatic rings. The van der Waals surface area contributed by atoms with Crippen LogP contribution in [0.15, 0.2) is 6.33 Å². The van der Waals surface area contributed by atoms with Crippen molar-refractivity contribution in [1.82, 2.24) is 20.5 Å². The van der Waals surface area contributed by atoms with E-state index < -0.39 is 5.54 Å². The summed E-state index contributed by atoms with van der Waals surface area (Å²) in [6.07, 6.45) is 4.22. The molecular formula is C11H19N5O2. The Morgan fingerprint density at radius 3 is 3.00 bits per heavy atom. The van der Waals surface area contributed by atoms with E-state index in [0.717, 1.165) is 18.7 Å². The maximum absolute atomic E-state index is 12.0. The number of aromatic amines is 1. The van der Waals surface area contributed by atoms with Crippen LogP contribution in [0.2, 0.25) is 0 Å². The molecule has 7 heteroatoms. The van der Waals surface area contributed by atoms with E-state index in [1.54, 1.807) is 0 Å². The number of aromatic nitrogens is 3. The van der Waals surface area contributed by atoms with Gasteiger partial charge >= 0.3 is 0 Å². The maximum atomic E-state index is 12.0. The zero-order valence-electron chi connectivity index (χ0n) is 10.3. The Labute approximate surface area is 105 Å². The van der Waals surface area contributed by atoms with Gasteiger partial charge in [-0.1, -0.05) is 0 Å². The van der Waals surface area contributed by atoms with Crippen LogP contribution in [0.1, 0.15) is 25.1 Å². The van der Waals surface area contributed by atoms with Gasteiger partial charge in [-0.3, -0.25) is 9.89 Å². The second kappa shape index (κ2) is 5.92. The lowest BCUT2D eigenvalue weighted by Gasteiger charge is -2.31. The molecule has 0 aromatic carbocycles. The maximum Gasteiger partial charge on any atom is 0.240 e. The predicted molar refractivity (Wildman–Crippen MR) is 64.7 cm³/mol. The van der Waals surface area contributed by atoms with Crippen molar-refractivity contribution in [2.24, 2.45) is 5.73 Å². The molecule has 0 bridgehead atoms. The SMILES string of the molecule is NC1(C(=O)NCCCc2ncn[nH]2)CCOCC1. The fourth-order valence-electron chi connectivity index (χ4n) is 1.95. The largest absolute Gasteiger partial charge is 0.381 e. The molecule has 0 aliphatic carbocycles. The van der Waals surface area contributed by atoms with Crippen LogP contribution >= 0.6 is 0 Å². The average molecular weight is 253 g/mol. The zero-order chi connectivity index (χ0) is 12.8. The number of carbonyl (C=O) groups excluding carboxylic acids is 1. The van der Waals surface area contributed by atoms with Crippen molar-refractivity contribution in [3.05, 3.63) is 12.2 Å². The summed E-state index contributed by atoms with van der Waals surface area (Å²) >= 11 is 0. The van der Waals surface area contributed by atoms with E-state index in [1.807, 2.05) is 0 Å². The van der Waals surface area contributed by atoms with Gasteiger partial charge in [0.15, 0.2) is 0 Å². The van der Waals surface area contributed by atoms with Crippen LogP contribution in [0.25, 0.3) is 0 Å². The molecule has 7 nitrogen and oxygen atoms in total. The van der Waals surface area contributed by atoms with Crippen molar-refractivity contribution in [1.29, 1.82) is 0 Å². The highest BCUT2D eigenvalue weighted by Crippen LogP contribution is 2.17. The Kier molecular flexibility index (Phi) is 4.27. The molecule has 0 unspecified atom stereocenters. The summed E-state index contributed by atoms with van der Waals surface area (Å²) in [4.78, 5) is 16.0. The number of nitrogens with zero attached hydrogens (tertiary/aromatic N) is 2. The lowest BCUT2D eigenvalue weighted by molar-refractivity contribution is -0.129. The molecule has 18 heavy (non-hydrogen) atoms. The van der Waals surface area contributed by atoms with Crippen LogP contribution in [-0.2, 0) is 16.0 Å². The van der Waals surface area contributed by atoms with E-state index in [9.17, 15) is 4.79 Å². The summed E-state index contributed by atoms with van der Waals surface area (Å²) in [6, 6.07) is 0. The van der Waals surface area contributed by atoms with Gasteiger partial charge in [-0.05, 0) is 19.3 Å². The van der Waals surface area contributed by atoms with E-state index in [1.165, 1.54) is 6.33 Å². The molecule has 1 aliphatic rings. The minimum atomic E-state index is -0.759. The summed E-state index contributed by atoms with van der Waals surface area (Å²) in [5.41, 5.74) is 5.30. The van der Waals surface area contributed by atoms with E-state index in [2.05, 4.69) is 20.5 Å². The van der Waals surface area contributed by atoms with Gasteiger partial charge in [0, 0.05) is 26.2 Å². The number of carbonyl (C=O) groups is 1. The molecule has 2 rings (SSSR count). The highest BCUT2D eigenvalue weighted by molar-refractivity contribution is 5.86. The van der Waals surface area contributed by atoms with Crippen LogP contribution in [0.4, 0.5) is 0 Å². The van der Waals surface area contributed by atoms with Gasteiger partial charge in [-0.15, -0.1) is 0 Å². The first-order valence-electron chi connectivity index (χ1n) is 6.20. The third kappa shape index (κ3) is 3.27. The number of ether oxygens (including phenoxy) is 1. The third-order valence-electron chi connectivity index (χ3n) is 3.18. The summed E-state index contributed by atoms with van der Waals surface area (Å²) < 4.78 is 5.21. The van der Waals surface area contributed by atoms with Gasteiger partial charge in [0.1, 0.15) is 12.2 Å². The number of H-pyrrole nitrogens is 1. The number of amides is 1. The molecule has 0 spiro atoms. The van der Waals surface area contributed by atoms with Crippen molar-refractivity contribution in [3.8, 4) is 0 Å². The summed E-state index contributed by atoms with van der Waals surface area (Å²) in [5.74, 6) is 0.751. The Bertz CT molecular complexity index is 373. The Hall–Kier alpha value is -1.47. The molecule has 0 saturated carbocycles. The van der Waals surface area contributed by atoms with Gasteiger partial charge in [-0.2, -0.15) is 5.10 Å². The molecule has 1 fully saturated rings. The fourth-order valence-corrected chi connectivity index (χ4v) is 1.95. The quantitative estimate of drug-likeness (QED) is 0.605. The molecule has 0 radical (unpaired) electrons. The minimum Gasteiger partial charge on any atom is -0.381 e. The number of nitrogens with two attached hydrogens (primary N) is 1. The topological polar surface area (TPSA) is 106 Å². The standard InChI is InChI=1S/C11H19N5O2/c12-11(3-6-18-7-4-11)10(17)13-5-1-2-9-14-8-15-16-9/h8H,1-7,12H2,(H,13,17)(H,14,15,16). The number of rotatable bonds is 5. The van der Waals surface area contributed by atoms with Gasteiger partial charge in [-0.25, -0.2) is 4.98 Å². The minimum absolute atomic E-state index is 0.0802. The molecule has 100 valence electrons. The molecule has 1 amide bonds. The van der Waals surface area contributed by atoms with Gasteiger partial charge in [0.25, 0.3) is 0 Å². The lowest BCUT2D eigenvalue weighted by atomic mass is 9.90. The normalized spacial score (nSPS) is 18.5. The fraction of sp³-hybridized carbons (Fsp3) is 0.727. The Balaban J connectivity index is 1.68. The van der Waals surface area contributed by atoms with Crippen molar-refractivity contribution < 1.29 is 9.53 Å². The second-order valence-electron chi connectivity index (χ2n) is 4.56. The smallest absolute Gasteiger partial charge is 0.240 e. The number of hydrogen-bond donors (Lipinski definition) is 3. The van der Waals surface area contributed by atoms with Crippen molar-refractivity contribution >= 4 is 5.91 Å². The van der Waals surface area contributed by atoms with E-state index in [-0.39, 0.29) is 5.91 Å². The summed E-state index contributed by atoms with van der Waals surface area (Å²) in [7, 11) is 0. The number of hydrogen-bond acceptors (Lipinski definition) is 5. The number of aryl methyl sites for hydroxylation is 1. The molecule has 0 atom stereocenters. The van der Waals surface area contributed by atoms with Crippen molar-refractivity contribution in [2.75, 3.05) is 19.8 Å². The molecule has 4 N–H and O–H groups in total. The summed E-state index contributed by atoms with van der Waals surface area (Å²) in [5, 5.41) is 9.42. The van der Waals surface area contributed by atoms with Crippen LogP contribution in [0, 0.1) is 0 Å². The van der Waals surface area contributed by atoms with Crippen molar-refractivity contribution in [2.45, 2.75) is 31.2 Å². The van der Waals surface area contributed by atoms with E-state index in [0.29, 0.717) is 32.6 Å². The first-order valence-corrected chi connectivity index (χ1v) is 6.20. The highest BCUT2D eigenvalue weighted by atomic mass is 16.5.